The predicted octanol–water partition coefficient (Wildman–Crippen LogP) is 3.30. The van der Waals surface area contributed by atoms with Crippen LogP contribution in [0.15, 0.2) is 24.3 Å². The Kier molecular flexibility index (Phi) is 5.01. The summed E-state index contributed by atoms with van der Waals surface area (Å²) in [5, 5.41) is 0. The number of ketones is 1. The van der Waals surface area contributed by atoms with Crippen LogP contribution in [0.1, 0.15) is 37.6 Å². The van der Waals surface area contributed by atoms with E-state index in [0.717, 1.165) is 5.75 Å². The van der Waals surface area contributed by atoms with Crippen LogP contribution in [0.25, 0.3) is 0 Å². The van der Waals surface area contributed by atoms with E-state index in [0.29, 0.717) is 25.2 Å². The van der Waals surface area contributed by atoms with Crippen LogP contribution in [0.3, 0.4) is 0 Å². The minimum Gasteiger partial charge on any atom is -0.497 e. The third-order valence-electron chi connectivity index (χ3n) is 3.66. The Hall–Kier alpha value is -1.39. The largest absolute Gasteiger partial charge is 0.497 e. The zero-order chi connectivity index (χ0) is 15.5. The lowest BCUT2D eigenvalue weighted by Gasteiger charge is -2.37. The summed E-state index contributed by atoms with van der Waals surface area (Å²) in [5.41, 5.74) is 0.745. The molecule has 116 valence electrons. The highest BCUT2D eigenvalue weighted by molar-refractivity contribution is 5.96. The average Bonchev–Trinajstić information content (AvgIpc) is 2.47. The summed E-state index contributed by atoms with van der Waals surface area (Å²) in [5.74, 6) is 0.888. The number of rotatable bonds is 5. The van der Waals surface area contributed by atoms with Gasteiger partial charge in [-0.05, 0) is 24.3 Å². The Bertz CT molecular complexity index is 468. The van der Waals surface area contributed by atoms with Crippen molar-refractivity contribution in [3.63, 3.8) is 0 Å². The molecule has 1 aliphatic rings. The van der Waals surface area contributed by atoms with E-state index in [2.05, 4.69) is 13.8 Å². The highest BCUT2D eigenvalue weighted by Gasteiger charge is 2.32. The topological polar surface area (TPSA) is 44.8 Å². The van der Waals surface area contributed by atoms with Gasteiger partial charge in [-0.25, -0.2) is 0 Å². The molecular formula is C17H24O4. The third-order valence-corrected chi connectivity index (χ3v) is 3.66. The third kappa shape index (κ3) is 4.29. The van der Waals surface area contributed by atoms with Crippen LogP contribution in [0.2, 0.25) is 0 Å². The summed E-state index contributed by atoms with van der Waals surface area (Å²) in [4.78, 5) is 12.3. The molecule has 1 unspecified atom stereocenters. The van der Waals surface area contributed by atoms with E-state index in [1.807, 2.05) is 6.92 Å². The molecular weight excluding hydrogens is 268 g/mol. The maximum atomic E-state index is 12.3. The monoisotopic (exact) mass is 292 g/mol. The van der Waals surface area contributed by atoms with Gasteiger partial charge in [0.1, 0.15) is 5.75 Å². The molecule has 1 aromatic carbocycles. The maximum Gasteiger partial charge on any atom is 0.163 e. The summed E-state index contributed by atoms with van der Waals surface area (Å²) in [6, 6.07) is 7.18. The van der Waals surface area contributed by atoms with E-state index < -0.39 is 0 Å². The SMILES string of the molecule is COc1ccc(C(=O)CC(C)C2OCC(C)(C)CO2)cc1. The van der Waals surface area contributed by atoms with Crippen molar-refractivity contribution in [2.24, 2.45) is 11.3 Å². The number of Topliss-reactive ketones (excluding diaryl/α,β-unsaturated/α-hetero) is 1. The number of carbonyl (C=O) groups is 1. The molecule has 4 heteroatoms. The first kappa shape index (κ1) is 16.0. The Morgan fingerprint density at radius 1 is 1.29 bits per heavy atom. The van der Waals surface area contributed by atoms with Gasteiger partial charge in [-0.3, -0.25) is 4.79 Å². The summed E-state index contributed by atoms with van der Waals surface area (Å²) < 4.78 is 16.6. The fourth-order valence-electron chi connectivity index (χ4n) is 2.32. The van der Waals surface area contributed by atoms with Gasteiger partial charge in [0.15, 0.2) is 12.1 Å². The zero-order valence-electron chi connectivity index (χ0n) is 13.2. The van der Waals surface area contributed by atoms with Crippen molar-refractivity contribution >= 4 is 5.78 Å². The van der Waals surface area contributed by atoms with E-state index in [1.54, 1.807) is 31.4 Å². The molecule has 1 heterocycles. The molecule has 0 aliphatic carbocycles. The van der Waals surface area contributed by atoms with Gasteiger partial charge in [-0.2, -0.15) is 0 Å². The van der Waals surface area contributed by atoms with Gasteiger partial charge in [0.2, 0.25) is 0 Å². The van der Waals surface area contributed by atoms with Gasteiger partial charge in [0.05, 0.1) is 20.3 Å². The molecule has 0 amide bonds. The van der Waals surface area contributed by atoms with Gasteiger partial charge in [-0.1, -0.05) is 20.8 Å². The van der Waals surface area contributed by atoms with Crippen LogP contribution < -0.4 is 4.74 Å². The number of hydrogen-bond donors (Lipinski definition) is 0. The van der Waals surface area contributed by atoms with Gasteiger partial charge < -0.3 is 14.2 Å². The second kappa shape index (κ2) is 6.58. The molecule has 0 saturated carbocycles. The smallest absolute Gasteiger partial charge is 0.163 e. The van der Waals surface area contributed by atoms with Crippen molar-refractivity contribution in [3.05, 3.63) is 29.8 Å². The van der Waals surface area contributed by atoms with Crippen LogP contribution in [0.5, 0.6) is 5.75 Å². The fourth-order valence-corrected chi connectivity index (χ4v) is 2.32. The quantitative estimate of drug-likeness (QED) is 0.781. The highest BCUT2D eigenvalue weighted by atomic mass is 16.7. The molecule has 0 radical (unpaired) electrons. The second-order valence-electron chi connectivity index (χ2n) is 6.49. The van der Waals surface area contributed by atoms with E-state index in [1.165, 1.54) is 0 Å². The van der Waals surface area contributed by atoms with Gasteiger partial charge >= 0.3 is 0 Å². The molecule has 0 bridgehead atoms. The van der Waals surface area contributed by atoms with E-state index in [-0.39, 0.29) is 23.4 Å². The van der Waals surface area contributed by atoms with Crippen molar-refractivity contribution in [1.82, 2.24) is 0 Å². The maximum absolute atomic E-state index is 12.3. The molecule has 0 spiro atoms. The minimum absolute atomic E-state index is 0.0377. The van der Waals surface area contributed by atoms with Crippen LogP contribution in [-0.2, 0) is 9.47 Å². The first-order chi connectivity index (χ1) is 9.91. The normalized spacial score (nSPS) is 20.0. The van der Waals surface area contributed by atoms with Crippen molar-refractivity contribution in [3.8, 4) is 5.75 Å². The van der Waals surface area contributed by atoms with E-state index >= 15 is 0 Å². The number of benzene rings is 1. The molecule has 2 rings (SSSR count). The van der Waals surface area contributed by atoms with Crippen LogP contribution in [-0.4, -0.2) is 32.4 Å². The second-order valence-corrected chi connectivity index (χ2v) is 6.49. The molecule has 1 saturated heterocycles. The minimum atomic E-state index is -0.291. The molecule has 1 aromatic rings. The molecule has 4 nitrogen and oxygen atoms in total. The van der Waals surface area contributed by atoms with Gasteiger partial charge in [0, 0.05) is 23.3 Å². The first-order valence-electron chi connectivity index (χ1n) is 7.32. The Balaban J connectivity index is 1.89. The predicted molar refractivity (Wildman–Crippen MR) is 80.6 cm³/mol. The Morgan fingerprint density at radius 3 is 2.38 bits per heavy atom. The molecule has 1 atom stereocenters. The number of carbonyl (C=O) groups excluding carboxylic acids is 1. The van der Waals surface area contributed by atoms with E-state index in [4.69, 9.17) is 14.2 Å². The fraction of sp³-hybridized carbons (Fsp3) is 0.588. The Labute approximate surface area is 126 Å². The lowest BCUT2D eigenvalue weighted by molar-refractivity contribution is -0.240. The standard InChI is InChI=1S/C17H24O4/c1-12(16-20-10-17(2,3)11-21-16)9-15(18)13-5-7-14(19-4)8-6-13/h5-8,12,16H,9-11H2,1-4H3. The summed E-state index contributed by atoms with van der Waals surface area (Å²) >= 11 is 0. The average molecular weight is 292 g/mol. The first-order valence-corrected chi connectivity index (χ1v) is 7.32. The van der Waals surface area contributed by atoms with Gasteiger partial charge in [0.25, 0.3) is 0 Å². The zero-order valence-corrected chi connectivity index (χ0v) is 13.2. The van der Waals surface area contributed by atoms with Crippen molar-refractivity contribution in [2.75, 3.05) is 20.3 Å². The summed E-state index contributed by atoms with van der Waals surface area (Å²) in [6.45, 7) is 7.54. The van der Waals surface area contributed by atoms with Crippen LogP contribution in [0.4, 0.5) is 0 Å². The number of hydrogen-bond acceptors (Lipinski definition) is 4. The lowest BCUT2D eigenvalue weighted by atomic mass is 9.94. The molecule has 0 N–H and O–H groups in total. The van der Waals surface area contributed by atoms with Crippen molar-refractivity contribution in [1.29, 1.82) is 0 Å². The molecule has 21 heavy (non-hydrogen) atoms. The van der Waals surface area contributed by atoms with Crippen molar-refractivity contribution < 1.29 is 19.0 Å². The van der Waals surface area contributed by atoms with Crippen LogP contribution in [0, 0.1) is 11.3 Å². The van der Waals surface area contributed by atoms with Crippen LogP contribution >= 0.6 is 0 Å². The molecule has 1 aliphatic heterocycles. The summed E-state index contributed by atoms with van der Waals surface area (Å²) in [7, 11) is 1.61. The highest BCUT2D eigenvalue weighted by Crippen LogP contribution is 2.27. The van der Waals surface area contributed by atoms with E-state index in [9.17, 15) is 4.79 Å². The number of methoxy groups -OCH3 is 1. The molecule has 0 aromatic heterocycles. The summed E-state index contributed by atoms with van der Waals surface area (Å²) in [6.07, 6.45) is 0.123. The number of ether oxygens (including phenoxy) is 3. The lowest BCUT2D eigenvalue weighted by Crippen LogP contribution is -2.41. The molecule has 1 fully saturated rings. The van der Waals surface area contributed by atoms with Crippen molar-refractivity contribution in [2.45, 2.75) is 33.5 Å². The van der Waals surface area contributed by atoms with Gasteiger partial charge in [-0.15, -0.1) is 0 Å². The Morgan fingerprint density at radius 2 is 1.86 bits per heavy atom.